The van der Waals surface area contributed by atoms with Gasteiger partial charge >= 0.3 is 0 Å². The smallest absolute Gasteiger partial charge is 0.287 e. The van der Waals surface area contributed by atoms with Crippen LogP contribution in [0.1, 0.15) is 16.8 Å². The van der Waals surface area contributed by atoms with E-state index in [1.807, 2.05) is 11.4 Å². The fourth-order valence-corrected chi connectivity index (χ4v) is 4.26. The van der Waals surface area contributed by atoms with Crippen molar-refractivity contribution in [3.05, 3.63) is 65.8 Å². The maximum absolute atomic E-state index is 14.6. The summed E-state index contributed by atoms with van der Waals surface area (Å²) in [5, 5.41) is 9.55. The molecule has 0 bridgehead atoms. The highest BCUT2D eigenvalue weighted by atomic mass is 32.1. The molecule has 1 saturated heterocycles. The first-order valence-corrected chi connectivity index (χ1v) is 10.5. The molecule has 5 rings (SSSR count). The molecule has 158 valence electrons. The van der Waals surface area contributed by atoms with Crippen molar-refractivity contribution >= 4 is 27.5 Å². The molecule has 3 aromatic heterocycles. The van der Waals surface area contributed by atoms with Crippen molar-refractivity contribution in [3.63, 3.8) is 0 Å². The van der Waals surface area contributed by atoms with Crippen molar-refractivity contribution < 1.29 is 18.3 Å². The van der Waals surface area contributed by atoms with Crippen LogP contribution in [0.5, 0.6) is 5.88 Å². The molecule has 0 radical (unpaired) electrons. The van der Waals surface area contributed by atoms with Gasteiger partial charge in [-0.3, -0.25) is 4.79 Å². The van der Waals surface area contributed by atoms with Crippen LogP contribution in [0.15, 0.2) is 60.2 Å². The molecule has 31 heavy (non-hydrogen) atoms. The molecule has 1 aliphatic rings. The summed E-state index contributed by atoms with van der Waals surface area (Å²) in [4.78, 5) is 18.7. The number of halogens is 2. The first kappa shape index (κ1) is 19.6. The van der Waals surface area contributed by atoms with E-state index in [0.29, 0.717) is 16.8 Å². The average molecular weight is 441 g/mol. The molecule has 4 heterocycles. The average Bonchev–Trinajstić information content (AvgIpc) is 3.46. The summed E-state index contributed by atoms with van der Waals surface area (Å²) < 4.78 is 37.2. The maximum atomic E-state index is 14.6. The van der Waals surface area contributed by atoms with Crippen molar-refractivity contribution in [1.82, 2.24) is 24.9 Å². The Hall–Kier alpha value is -3.40. The molecular formula is C21H17F2N5O2S. The molecule has 0 unspecified atom stereocenters. The van der Waals surface area contributed by atoms with Gasteiger partial charge in [0.25, 0.3) is 11.8 Å². The molecule has 0 spiro atoms. The van der Waals surface area contributed by atoms with Gasteiger partial charge in [-0.2, -0.15) is 0 Å². The Balaban J connectivity index is 1.36. The van der Waals surface area contributed by atoms with E-state index in [1.165, 1.54) is 27.1 Å². The van der Waals surface area contributed by atoms with E-state index >= 15 is 0 Å². The largest absolute Gasteiger partial charge is 0.466 e. The summed E-state index contributed by atoms with van der Waals surface area (Å²) in [5.41, 5.74) is 1.74. The summed E-state index contributed by atoms with van der Waals surface area (Å²) in [6.45, 7) is -0.293. The van der Waals surface area contributed by atoms with Crippen LogP contribution in [0, 0.1) is 0 Å². The lowest BCUT2D eigenvalue weighted by Crippen LogP contribution is -2.55. The number of thiophene rings is 1. The Morgan fingerprint density at radius 1 is 1.23 bits per heavy atom. The van der Waals surface area contributed by atoms with Gasteiger partial charge in [-0.05, 0) is 35.7 Å². The number of carbonyl (C=O) groups excluding carboxylic acids is 1. The first-order valence-electron chi connectivity index (χ1n) is 9.64. The van der Waals surface area contributed by atoms with Gasteiger partial charge in [0.1, 0.15) is 0 Å². The lowest BCUT2D eigenvalue weighted by molar-refractivity contribution is -0.131. The van der Waals surface area contributed by atoms with Gasteiger partial charge in [0.2, 0.25) is 5.88 Å². The van der Waals surface area contributed by atoms with Crippen molar-refractivity contribution in [1.29, 1.82) is 0 Å². The number of amides is 1. The number of nitrogens with zero attached hydrogens (tertiary/aromatic N) is 5. The van der Waals surface area contributed by atoms with E-state index < -0.39 is 18.4 Å². The van der Waals surface area contributed by atoms with E-state index in [0.717, 1.165) is 4.70 Å². The highest BCUT2D eigenvalue weighted by Crippen LogP contribution is 2.33. The van der Waals surface area contributed by atoms with Gasteiger partial charge in [-0.1, -0.05) is 11.3 Å². The highest BCUT2D eigenvalue weighted by Gasteiger charge is 2.47. The Labute approximate surface area is 179 Å². The Kier molecular flexibility index (Phi) is 4.85. The molecule has 10 heteroatoms. The third-order valence-corrected chi connectivity index (χ3v) is 6.06. The Bertz CT molecular complexity index is 1230. The Morgan fingerprint density at radius 3 is 2.97 bits per heavy atom. The van der Waals surface area contributed by atoms with Crippen LogP contribution in [0.4, 0.5) is 8.78 Å². The number of rotatable bonds is 4. The number of hydrogen-bond acceptors (Lipinski definition) is 6. The molecule has 1 amide bonds. The maximum Gasteiger partial charge on any atom is 0.287 e. The van der Waals surface area contributed by atoms with E-state index in [2.05, 4.69) is 15.3 Å². The number of aromatic nitrogens is 4. The number of likely N-dealkylation sites (tertiary alicyclic amines) is 1. The molecule has 1 fully saturated rings. The van der Waals surface area contributed by atoms with E-state index in [1.54, 1.807) is 42.6 Å². The number of pyridine rings is 1. The monoisotopic (exact) mass is 441 g/mol. The van der Waals surface area contributed by atoms with Crippen LogP contribution in [-0.4, -0.2) is 55.9 Å². The quantitative estimate of drug-likeness (QED) is 0.482. The number of ether oxygens (including phenoxy) is 1. The molecule has 0 saturated carbocycles. The van der Waals surface area contributed by atoms with Crippen LogP contribution in [0.3, 0.4) is 0 Å². The molecule has 0 N–H and O–H groups in total. The van der Waals surface area contributed by atoms with Gasteiger partial charge in [0, 0.05) is 24.6 Å². The van der Waals surface area contributed by atoms with Gasteiger partial charge in [-0.25, -0.2) is 18.4 Å². The Morgan fingerprint density at radius 2 is 2.13 bits per heavy atom. The lowest BCUT2D eigenvalue weighted by atomic mass is 10.0. The van der Waals surface area contributed by atoms with Crippen molar-refractivity contribution in [2.45, 2.75) is 18.4 Å². The number of alkyl halides is 2. The number of hydrogen-bond donors (Lipinski definition) is 0. The summed E-state index contributed by atoms with van der Waals surface area (Å²) in [6.07, 6.45) is 1.23. The number of piperidine rings is 1. The number of carbonyl (C=O) groups is 1. The fourth-order valence-electron chi connectivity index (χ4n) is 3.53. The predicted octanol–water partition coefficient (Wildman–Crippen LogP) is 3.81. The van der Waals surface area contributed by atoms with Crippen LogP contribution in [0.2, 0.25) is 0 Å². The van der Waals surface area contributed by atoms with Crippen molar-refractivity contribution in [2.24, 2.45) is 0 Å². The van der Waals surface area contributed by atoms with Crippen molar-refractivity contribution in [2.75, 3.05) is 13.1 Å². The van der Waals surface area contributed by atoms with Crippen LogP contribution in [-0.2, 0) is 0 Å². The topological polar surface area (TPSA) is 73.1 Å². The molecule has 1 atom stereocenters. The van der Waals surface area contributed by atoms with E-state index in [4.69, 9.17) is 4.74 Å². The zero-order chi connectivity index (χ0) is 21.4. The summed E-state index contributed by atoms with van der Waals surface area (Å²) in [6, 6.07) is 12.0. The second-order valence-corrected chi connectivity index (χ2v) is 8.17. The normalized spacial score (nSPS) is 18.3. The lowest BCUT2D eigenvalue weighted by Gasteiger charge is -2.38. The zero-order valence-corrected chi connectivity index (χ0v) is 17.0. The summed E-state index contributed by atoms with van der Waals surface area (Å²) in [5.74, 6) is -3.28. The highest BCUT2D eigenvalue weighted by molar-refractivity contribution is 7.17. The molecular weight excluding hydrogens is 424 g/mol. The third kappa shape index (κ3) is 3.86. The van der Waals surface area contributed by atoms with Crippen LogP contribution in [0.25, 0.3) is 15.9 Å². The minimum atomic E-state index is -3.06. The molecule has 0 aliphatic carbocycles. The fraction of sp³-hybridized carbons (Fsp3) is 0.238. The SMILES string of the molecule is O=C(c1cccc(-n2ccnn2)c1)N1CCC(F)(F)[C@@H](Oc2ccc3sccc3n2)C1. The van der Waals surface area contributed by atoms with Gasteiger partial charge in [0.05, 0.1) is 34.8 Å². The standard InChI is InChI=1S/C21H17F2N5O2S/c22-21(23)7-9-27(13-18(21)30-19-5-4-17-16(25-19)6-11-31-17)20(29)14-2-1-3-15(12-14)28-10-8-24-26-28/h1-6,8,10-12,18H,7,9,13H2/t18-/m0/s1. The minimum Gasteiger partial charge on any atom is -0.466 e. The molecule has 1 aromatic carbocycles. The van der Waals surface area contributed by atoms with Crippen molar-refractivity contribution in [3.8, 4) is 11.6 Å². The van der Waals surface area contributed by atoms with Gasteiger partial charge in [-0.15, -0.1) is 16.4 Å². The molecule has 7 nitrogen and oxygen atoms in total. The number of fused-ring (bicyclic) bond motifs is 1. The second kappa shape index (κ2) is 7.69. The predicted molar refractivity (Wildman–Crippen MR) is 111 cm³/mol. The first-order chi connectivity index (χ1) is 15.0. The van der Waals surface area contributed by atoms with E-state index in [-0.39, 0.29) is 24.9 Å². The zero-order valence-electron chi connectivity index (χ0n) is 16.2. The summed E-state index contributed by atoms with van der Waals surface area (Å²) in [7, 11) is 0. The minimum absolute atomic E-state index is 0.0593. The number of benzene rings is 1. The summed E-state index contributed by atoms with van der Waals surface area (Å²) >= 11 is 1.51. The third-order valence-electron chi connectivity index (χ3n) is 5.18. The van der Waals surface area contributed by atoms with Crippen LogP contribution >= 0.6 is 11.3 Å². The molecule has 1 aliphatic heterocycles. The molecule has 4 aromatic rings. The second-order valence-electron chi connectivity index (χ2n) is 7.22. The van der Waals surface area contributed by atoms with E-state index in [9.17, 15) is 13.6 Å². The van der Waals surface area contributed by atoms with Gasteiger partial charge in [0.15, 0.2) is 6.10 Å². The van der Waals surface area contributed by atoms with Gasteiger partial charge < -0.3 is 9.64 Å². The van der Waals surface area contributed by atoms with Crippen LogP contribution < -0.4 is 4.74 Å².